The van der Waals surface area contributed by atoms with Crippen LogP contribution >= 0.6 is 27.5 Å². The van der Waals surface area contributed by atoms with E-state index in [-0.39, 0.29) is 10.7 Å². The van der Waals surface area contributed by atoms with Gasteiger partial charge in [0.2, 0.25) is 0 Å². The third-order valence-corrected chi connectivity index (χ3v) is 4.62. The van der Waals surface area contributed by atoms with E-state index in [0.717, 1.165) is 21.4 Å². The maximum atomic E-state index is 12.6. The molecule has 122 valence electrons. The van der Waals surface area contributed by atoms with Crippen LogP contribution in [0.3, 0.4) is 0 Å². The molecule has 0 atom stereocenters. The van der Waals surface area contributed by atoms with Gasteiger partial charge in [-0.25, -0.2) is 4.90 Å². The summed E-state index contributed by atoms with van der Waals surface area (Å²) in [5.41, 5.74) is 2.40. The second-order valence-corrected chi connectivity index (χ2v) is 6.58. The molecule has 0 spiro atoms. The zero-order valence-electron chi connectivity index (χ0n) is 12.8. The molecule has 24 heavy (non-hydrogen) atoms. The lowest BCUT2D eigenvalue weighted by Crippen LogP contribution is -2.32. The van der Waals surface area contributed by atoms with Crippen molar-refractivity contribution >= 4 is 50.7 Å². The van der Waals surface area contributed by atoms with Gasteiger partial charge in [-0.2, -0.15) is 0 Å². The molecule has 2 aromatic rings. The number of amides is 2. The third kappa shape index (κ3) is 3.09. The number of aryl methyl sites for hydroxylation is 1. The summed E-state index contributed by atoms with van der Waals surface area (Å²) in [6.07, 6.45) is 0.886. The van der Waals surface area contributed by atoms with Crippen LogP contribution < -0.4 is 10.2 Å². The van der Waals surface area contributed by atoms with Crippen LogP contribution in [0, 0.1) is 0 Å². The SMILES string of the molecule is CCc1ccc(N2C(=O)C(Cl)=C(Nc3ccc(Br)cc3)C2=O)cc1. The van der Waals surface area contributed by atoms with Crippen molar-refractivity contribution in [2.24, 2.45) is 0 Å². The summed E-state index contributed by atoms with van der Waals surface area (Å²) >= 11 is 9.45. The first-order valence-corrected chi connectivity index (χ1v) is 8.58. The minimum atomic E-state index is -0.523. The van der Waals surface area contributed by atoms with E-state index >= 15 is 0 Å². The van der Waals surface area contributed by atoms with Crippen LogP contribution in [0.25, 0.3) is 0 Å². The van der Waals surface area contributed by atoms with Crippen molar-refractivity contribution in [3.63, 3.8) is 0 Å². The van der Waals surface area contributed by atoms with E-state index in [1.165, 1.54) is 0 Å². The summed E-state index contributed by atoms with van der Waals surface area (Å²) in [6.45, 7) is 2.04. The lowest BCUT2D eigenvalue weighted by atomic mass is 10.1. The second kappa shape index (κ2) is 6.79. The molecule has 1 N–H and O–H groups in total. The van der Waals surface area contributed by atoms with Crippen molar-refractivity contribution in [3.8, 4) is 0 Å². The highest BCUT2D eigenvalue weighted by molar-refractivity contribution is 9.10. The van der Waals surface area contributed by atoms with E-state index < -0.39 is 11.8 Å². The van der Waals surface area contributed by atoms with E-state index in [0.29, 0.717) is 11.4 Å². The summed E-state index contributed by atoms with van der Waals surface area (Å²) in [5.74, 6) is -0.984. The van der Waals surface area contributed by atoms with E-state index in [9.17, 15) is 9.59 Å². The lowest BCUT2D eigenvalue weighted by molar-refractivity contribution is -0.120. The summed E-state index contributed by atoms with van der Waals surface area (Å²) < 4.78 is 0.916. The molecule has 4 nitrogen and oxygen atoms in total. The Hall–Kier alpha value is -2.11. The topological polar surface area (TPSA) is 49.4 Å². The second-order valence-electron chi connectivity index (χ2n) is 5.29. The highest BCUT2D eigenvalue weighted by atomic mass is 79.9. The smallest absolute Gasteiger partial charge is 0.283 e. The Bertz CT molecular complexity index is 829. The van der Waals surface area contributed by atoms with Gasteiger partial charge in [0.15, 0.2) is 0 Å². The van der Waals surface area contributed by atoms with Gasteiger partial charge in [-0.15, -0.1) is 0 Å². The fourth-order valence-electron chi connectivity index (χ4n) is 2.40. The number of anilines is 2. The van der Waals surface area contributed by atoms with E-state index in [1.807, 2.05) is 31.2 Å². The van der Waals surface area contributed by atoms with Crippen LogP contribution in [-0.2, 0) is 16.0 Å². The van der Waals surface area contributed by atoms with Gasteiger partial charge in [-0.05, 0) is 48.4 Å². The van der Waals surface area contributed by atoms with Crippen molar-refractivity contribution in [1.82, 2.24) is 0 Å². The van der Waals surface area contributed by atoms with Gasteiger partial charge in [0.1, 0.15) is 10.7 Å². The molecule has 0 fully saturated rings. The number of nitrogens with zero attached hydrogens (tertiary/aromatic N) is 1. The van der Waals surface area contributed by atoms with Crippen molar-refractivity contribution in [1.29, 1.82) is 0 Å². The minimum absolute atomic E-state index is 0.0866. The predicted octanol–water partition coefficient (Wildman–Crippen LogP) is 4.45. The zero-order valence-corrected chi connectivity index (χ0v) is 15.2. The quantitative estimate of drug-likeness (QED) is 0.765. The Morgan fingerprint density at radius 3 is 2.21 bits per heavy atom. The van der Waals surface area contributed by atoms with Gasteiger partial charge in [-0.1, -0.05) is 46.6 Å². The molecule has 0 saturated carbocycles. The fourth-order valence-corrected chi connectivity index (χ4v) is 2.88. The van der Waals surface area contributed by atoms with Gasteiger partial charge in [-0.3, -0.25) is 9.59 Å². The normalized spacial score (nSPS) is 14.5. The molecular weight excluding hydrogens is 392 g/mol. The maximum absolute atomic E-state index is 12.6. The third-order valence-electron chi connectivity index (χ3n) is 3.74. The first kappa shape index (κ1) is 16.7. The number of carbonyl (C=O) groups is 2. The van der Waals surface area contributed by atoms with Crippen LogP contribution in [0.2, 0.25) is 0 Å². The van der Waals surface area contributed by atoms with Crippen molar-refractivity contribution in [3.05, 3.63) is 69.3 Å². The Kier molecular flexibility index (Phi) is 4.73. The average molecular weight is 406 g/mol. The van der Waals surface area contributed by atoms with Crippen LogP contribution in [0.5, 0.6) is 0 Å². The molecule has 1 heterocycles. The molecule has 1 aliphatic heterocycles. The molecule has 0 saturated heterocycles. The number of benzene rings is 2. The predicted molar refractivity (Wildman–Crippen MR) is 99.0 cm³/mol. The molecule has 0 aromatic heterocycles. The summed E-state index contributed by atoms with van der Waals surface area (Å²) in [6, 6.07) is 14.5. The first-order valence-electron chi connectivity index (χ1n) is 7.41. The number of halogens is 2. The monoisotopic (exact) mass is 404 g/mol. The largest absolute Gasteiger partial charge is 0.350 e. The Labute approximate surface area is 153 Å². The maximum Gasteiger partial charge on any atom is 0.283 e. The fraction of sp³-hybridized carbons (Fsp3) is 0.111. The lowest BCUT2D eigenvalue weighted by Gasteiger charge is -2.15. The van der Waals surface area contributed by atoms with Gasteiger partial charge < -0.3 is 5.32 Å². The van der Waals surface area contributed by atoms with Crippen molar-refractivity contribution < 1.29 is 9.59 Å². The molecule has 1 aliphatic rings. The van der Waals surface area contributed by atoms with Gasteiger partial charge in [0.25, 0.3) is 11.8 Å². The number of rotatable bonds is 4. The summed E-state index contributed by atoms with van der Waals surface area (Å²) in [5, 5.41) is 2.83. The van der Waals surface area contributed by atoms with Gasteiger partial charge >= 0.3 is 0 Å². The number of carbonyl (C=O) groups excluding carboxylic acids is 2. The summed E-state index contributed by atoms with van der Waals surface area (Å²) in [4.78, 5) is 26.1. The number of hydrogen-bond acceptors (Lipinski definition) is 3. The zero-order chi connectivity index (χ0) is 17.3. The molecule has 0 radical (unpaired) electrons. The Balaban J connectivity index is 1.87. The van der Waals surface area contributed by atoms with E-state index in [1.54, 1.807) is 24.3 Å². The Morgan fingerprint density at radius 1 is 1.00 bits per heavy atom. The molecule has 0 aliphatic carbocycles. The summed E-state index contributed by atoms with van der Waals surface area (Å²) in [7, 11) is 0. The highest BCUT2D eigenvalue weighted by Crippen LogP contribution is 2.30. The number of nitrogens with one attached hydrogen (secondary N) is 1. The van der Waals surface area contributed by atoms with Crippen LogP contribution in [0.4, 0.5) is 11.4 Å². The molecular formula is C18H14BrClN2O2. The van der Waals surface area contributed by atoms with Crippen LogP contribution in [0.15, 0.2) is 63.7 Å². The van der Waals surface area contributed by atoms with Crippen LogP contribution in [-0.4, -0.2) is 11.8 Å². The molecule has 2 aromatic carbocycles. The van der Waals surface area contributed by atoms with Gasteiger partial charge in [0, 0.05) is 10.2 Å². The number of imide groups is 1. The Morgan fingerprint density at radius 2 is 1.62 bits per heavy atom. The van der Waals surface area contributed by atoms with Crippen LogP contribution in [0.1, 0.15) is 12.5 Å². The molecule has 0 unspecified atom stereocenters. The van der Waals surface area contributed by atoms with E-state index in [2.05, 4.69) is 21.2 Å². The number of hydrogen-bond donors (Lipinski definition) is 1. The first-order chi connectivity index (χ1) is 11.5. The molecule has 0 bridgehead atoms. The molecule has 6 heteroatoms. The standard InChI is InChI=1S/C18H14BrClN2O2/c1-2-11-3-9-14(10-4-11)22-17(23)15(20)16(18(22)24)21-13-7-5-12(19)6-8-13/h3-10,21H,2H2,1H3. The highest BCUT2D eigenvalue weighted by Gasteiger charge is 2.38. The average Bonchev–Trinajstić information content (AvgIpc) is 2.80. The minimum Gasteiger partial charge on any atom is -0.350 e. The van der Waals surface area contributed by atoms with Gasteiger partial charge in [0.05, 0.1) is 5.69 Å². The van der Waals surface area contributed by atoms with Crippen molar-refractivity contribution in [2.45, 2.75) is 13.3 Å². The molecule has 2 amide bonds. The van der Waals surface area contributed by atoms with Crippen molar-refractivity contribution in [2.75, 3.05) is 10.2 Å². The molecule has 3 rings (SSSR count). The van der Waals surface area contributed by atoms with E-state index in [4.69, 9.17) is 11.6 Å².